The lowest BCUT2D eigenvalue weighted by molar-refractivity contribution is -0.438. The van der Waals surface area contributed by atoms with E-state index in [0.29, 0.717) is 13.1 Å². The van der Waals surface area contributed by atoms with E-state index in [2.05, 4.69) is 23.3 Å². The molecule has 0 bridgehead atoms. The molecule has 0 radical (unpaired) electrons. The van der Waals surface area contributed by atoms with Crippen molar-refractivity contribution in [3.63, 3.8) is 0 Å². The number of methoxy groups -OCH3 is 1. The van der Waals surface area contributed by atoms with Crippen LogP contribution in [0.3, 0.4) is 0 Å². The molecule has 0 unspecified atom stereocenters. The molecule has 0 saturated carbocycles. The van der Waals surface area contributed by atoms with Crippen LogP contribution >= 0.6 is 0 Å². The Balaban J connectivity index is 1.76. The number of ether oxygens (including phenoxy) is 1. The van der Waals surface area contributed by atoms with E-state index in [1.165, 1.54) is 5.56 Å². The van der Waals surface area contributed by atoms with Gasteiger partial charge in [-0.2, -0.15) is 4.90 Å². The number of rotatable bonds is 5. The Morgan fingerprint density at radius 3 is 2.62 bits per heavy atom. The predicted molar refractivity (Wildman–Crippen MR) is 93.8 cm³/mol. The van der Waals surface area contributed by atoms with E-state index in [1.807, 2.05) is 42.5 Å². The van der Waals surface area contributed by atoms with Crippen molar-refractivity contribution in [1.82, 2.24) is 4.90 Å². The fourth-order valence-electron chi connectivity index (χ4n) is 2.75. The van der Waals surface area contributed by atoms with Crippen LogP contribution in [0.5, 0.6) is 5.75 Å². The standard InChI is InChI=1S/C19H21N3O2/c1-3-15-6-4-5-7-17(15)21-19-20-12-18(23)22(19)13-14-8-10-16(24-2)11-9-14/h4-11H,3,12-13H2,1-2H3,(H,20,21)/p+1. The highest BCUT2D eigenvalue weighted by atomic mass is 16.5. The Kier molecular flexibility index (Phi) is 4.79. The lowest BCUT2D eigenvalue weighted by Gasteiger charge is -2.14. The van der Waals surface area contributed by atoms with Gasteiger partial charge in [0.1, 0.15) is 18.0 Å². The van der Waals surface area contributed by atoms with Crippen LogP contribution in [-0.4, -0.2) is 30.4 Å². The Morgan fingerprint density at radius 2 is 1.92 bits per heavy atom. The maximum absolute atomic E-state index is 12.2. The molecule has 0 aliphatic carbocycles. The van der Waals surface area contributed by atoms with Gasteiger partial charge >= 0.3 is 11.9 Å². The molecule has 1 amide bonds. The maximum atomic E-state index is 12.2. The third-order valence-electron chi connectivity index (χ3n) is 4.13. The molecule has 0 spiro atoms. The highest BCUT2D eigenvalue weighted by Gasteiger charge is 2.33. The molecule has 3 rings (SSSR count). The van der Waals surface area contributed by atoms with Crippen molar-refractivity contribution in [3.05, 3.63) is 59.7 Å². The van der Waals surface area contributed by atoms with Crippen LogP contribution in [0.4, 0.5) is 5.69 Å². The number of nitrogens with zero attached hydrogens (tertiary/aromatic N) is 1. The molecule has 0 fully saturated rings. The largest absolute Gasteiger partial charge is 0.497 e. The first-order valence-electron chi connectivity index (χ1n) is 8.10. The molecular formula is C19H22N3O2+. The minimum atomic E-state index is 0.0577. The summed E-state index contributed by atoms with van der Waals surface area (Å²) in [6.45, 7) is 2.95. The number of amides is 1. The van der Waals surface area contributed by atoms with Gasteiger partial charge in [0.15, 0.2) is 6.54 Å². The number of benzene rings is 2. The van der Waals surface area contributed by atoms with Gasteiger partial charge in [0.05, 0.1) is 7.11 Å². The average molecular weight is 324 g/mol. The van der Waals surface area contributed by atoms with E-state index in [-0.39, 0.29) is 5.91 Å². The summed E-state index contributed by atoms with van der Waals surface area (Å²) in [5.74, 6) is 1.60. The normalized spacial score (nSPS) is 13.8. The zero-order valence-electron chi connectivity index (χ0n) is 14.0. The van der Waals surface area contributed by atoms with Crippen LogP contribution in [0.1, 0.15) is 18.1 Å². The molecule has 1 aliphatic heterocycles. The number of para-hydroxylation sites is 1. The summed E-state index contributed by atoms with van der Waals surface area (Å²) >= 11 is 0. The number of hydrogen-bond donors (Lipinski definition) is 2. The minimum Gasteiger partial charge on any atom is -0.497 e. The van der Waals surface area contributed by atoms with Gasteiger partial charge in [-0.3, -0.25) is 9.79 Å². The monoisotopic (exact) mass is 324 g/mol. The first-order valence-corrected chi connectivity index (χ1v) is 8.10. The fourth-order valence-corrected chi connectivity index (χ4v) is 2.75. The molecule has 2 aromatic rings. The summed E-state index contributed by atoms with van der Waals surface area (Å²) in [6.07, 6.45) is 0.933. The number of carbonyl (C=O) groups is 1. The Morgan fingerprint density at radius 1 is 1.17 bits per heavy atom. The summed E-state index contributed by atoms with van der Waals surface area (Å²) in [7, 11) is 1.64. The van der Waals surface area contributed by atoms with Crippen molar-refractivity contribution >= 4 is 17.6 Å². The summed E-state index contributed by atoms with van der Waals surface area (Å²) < 4.78 is 5.18. The topological polar surface area (TPSA) is 55.5 Å². The summed E-state index contributed by atoms with van der Waals surface area (Å²) in [5, 5.41) is 3.37. The highest BCUT2D eigenvalue weighted by Crippen LogP contribution is 2.17. The van der Waals surface area contributed by atoms with E-state index in [4.69, 9.17) is 4.74 Å². The molecular weight excluding hydrogens is 302 g/mol. The number of guanidine groups is 1. The molecule has 0 aromatic heterocycles. The van der Waals surface area contributed by atoms with Gasteiger partial charge in [-0.15, -0.1) is 0 Å². The van der Waals surface area contributed by atoms with Crippen molar-refractivity contribution in [3.8, 4) is 5.75 Å². The number of nitrogens with one attached hydrogen (secondary N) is 2. The minimum absolute atomic E-state index is 0.0577. The first-order chi connectivity index (χ1) is 11.7. The van der Waals surface area contributed by atoms with Crippen molar-refractivity contribution in [2.75, 3.05) is 19.0 Å². The second-order valence-corrected chi connectivity index (χ2v) is 5.67. The molecule has 0 saturated heterocycles. The summed E-state index contributed by atoms with van der Waals surface area (Å²) in [6, 6.07) is 15.9. The molecule has 1 aliphatic rings. The Labute approximate surface area is 142 Å². The quantitative estimate of drug-likeness (QED) is 0.867. The zero-order valence-corrected chi connectivity index (χ0v) is 14.0. The van der Waals surface area contributed by atoms with Gasteiger partial charge in [0, 0.05) is 0 Å². The summed E-state index contributed by atoms with van der Waals surface area (Å²) in [4.78, 5) is 17.1. The van der Waals surface area contributed by atoms with Gasteiger partial charge in [0.25, 0.3) is 0 Å². The van der Waals surface area contributed by atoms with Gasteiger partial charge in [-0.05, 0) is 35.7 Å². The highest BCUT2D eigenvalue weighted by molar-refractivity contribution is 6.04. The zero-order chi connectivity index (χ0) is 16.9. The lowest BCUT2D eigenvalue weighted by Crippen LogP contribution is -2.72. The van der Waals surface area contributed by atoms with Crippen molar-refractivity contribution in [1.29, 1.82) is 0 Å². The molecule has 24 heavy (non-hydrogen) atoms. The lowest BCUT2D eigenvalue weighted by atomic mass is 10.1. The second kappa shape index (κ2) is 7.17. The van der Waals surface area contributed by atoms with Crippen molar-refractivity contribution in [2.24, 2.45) is 0 Å². The van der Waals surface area contributed by atoms with E-state index < -0.39 is 0 Å². The Bertz CT molecular complexity index is 753. The van der Waals surface area contributed by atoms with E-state index in [9.17, 15) is 4.79 Å². The molecule has 5 nitrogen and oxygen atoms in total. The maximum Gasteiger partial charge on any atom is 0.358 e. The number of hydrogen-bond acceptors (Lipinski definition) is 3. The molecule has 1 heterocycles. The molecule has 0 atom stereocenters. The van der Waals surface area contributed by atoms with Crippen LogP contribution in [-0.2, 0) is 17.8 Å². The van der Waals surface area contributed by atoms with Crippen molar-refractivity contribution in [2.45, 2.75) is 19.9 Å². The van der Waals surface area contributed by atoms with Crippen LogP contribution in [0.2, 0.25) is 0 Å². The van der Waals surface area contributed by atoms with Crippen LogP contribution < -0.4 is 15.0 Å². The third kappa shape index (κ3) is 3.40. The summed E-state index contributed by atoms with van der Waals surface area (Å²) in [5.41, 5.74) is 3.29. The smallest absolute Gasteiger partial charge is 0.358 e. The van der Waals surface area contributed by atoms with E-state index in [1.54, 1.807) is 12.0 Å². The third-order valence-corrected chi connectivity index (χ3v) is 4.13. The van der Waals surface area contributed by atoms with Crippen LogP contribution in [0, 0.1) is 0 Å². The van der Waals surface area contributed by atoms with Crippen LogP contribution in [0.15, 0.2) is 48.5 Å². The molecule has 124 valence electrons. The molecule has 2 aromatic carbocycles. The fraction of sp³-hybridized carbons (Fsp3) is 0.263. The van der Waals surface area contributed by atoms with E-state index in [0.717, 1.165) is 29.4 Å². The number of carbonyl (C=O) groups excluding carboxylic acids is 1. The molecule has 2 N–H and O–H groups in total. The number of anilines is 1. The molecule has 5 heteroatoms. The van der Waals surface area contributed by atoms with Gasteiger partial charge in [-0.25, -0.2) is 5.32 Å². The van der Waals surface area contributed by atoms with E-state index >= 15 is 0 Å². The van der Waals surface area contributed by atoms with Gasteiger partial charge in [0.2, 0.25) is 0 Å². The first kappa shape index (κ1) is 16.1. The van der Waals surface area contributed by atoms with Crippen LogP contribution in [0.25, 0.3) is 0 Å². The average Bonchev–Trinajstić information content (AvgIpc) is 2.96. The Hall–Kier alpha value is -2.82. The number of aryl methyl sites for hydroxylation is 1. The van der Waals surface area contributed by atoms with Crippen molar-refractivity contribution < 1.29 is 14.5 Å². The second-order valence-electron chi connectivity index (χ2n) is 5.67. The SMILES string of the molecule is CCc1ccccc1NC1=[NH+]CC(=O)N1Cc1ccc(OC)cc1. The van der Waals surface area contributed by atoms with Gasteiger partial charge in [-0.1, -0.05) is 37.3 Å². The predicted octanol–water partition coefficient (Wildman–Crippen LogP) is 1.15. The van der Waals surface area contributed by atoms with Gasteiger partial charge < -0.3 is 4.74 Å².